The summed E-state index contributed by atoms with van der Waals surface area (Å²) in [6, 6.07) is 18.3. The van der Waals surface area contributed by atoms with E-state index >= 15 is 0 Å². The maximum atomic E-state index is 12.2. The second-order valence-electron chi connectivity index (χ2n) is 5.67. The standard InChI is InChI=1S/C20H18N4O3/c25-18-7-4-12-21-17(18)13-22-19(26)14-8-10-16(11-9-14)24-20(27)23-15-5-2-1-3-6-15/h1-12,25H,13H2,(H,22,26)(H2,23,24,27). The van der Waals surface area contributed by atoms with Crippen LogP contribution >= 0.6 is 0 Å². The van der Waals surface area contributed by atoms with Crippen LogP contribution in [0.1, 0.15) is 16.1 Å². The van der Waals surface area contributed by atoms with Gasteiger partial charge >= 0.3 is 6.03 Å². The second kappa shape index (κ2) is 8.48. The number of rotatable bonds is 5. The third-order valence-corrected chi connectivity index (χ3v) is 3.72. The van der Waals surface area contributed by atoms with E-state index in [-0.39, 0.29) is 24.2 Å². The van der Waals surface area contributed by atoms with Gasteiger partial charge < -0.3 is 21.1 Å². The first kappa shape index (κ1) is 17.9. The highest BCUT2D eigenvalue weighted by Crippen LogP contribution is 2.14. The van der Waals surface area contributed by atoms with Crippen molar-refractivity contribution in [2.24, 2.45) is 0 Å². The van der Waals surface area contributed by atoms with Crippen molar-refractivity contribution in [1.82, 2.24) is 10.3 Å². The summed E-state index contributed by atoms with van der Waals surface area (Å²) in [7, 11) is 0. The van der Waals surface area contributed by atoms with Crippen LogP contribution in [0.4, 0.5) is 16.2 Å². The zero-order valence-corrected chi connectivity index (χ0v) is 14.3. The average molecular weight is 362 g/mol. The molecule has 0 saturated carbocycles. The van der Waals surface area contributed by atoms with E-state index < -0.39 is 0 Å². The van der Waals surface area contributed by atoms with Gasteiger partial charge in [0.25, 0.3) is 5.91 Å². The number of aromatic nitrogens is 1. The summed E-state index contributed by atoms with van der Waals surface area (Å²) < 4.78 is 0. The molecule has 0 fully saturated rings. The minimum absolute atomic E-state index is 0.0294. The molecule has 0 aliphatic rings. The Hall–Kier alpha value is -3.87. The van der Waals surface area contributed by atoms with Crippen LogP contribution in [0.3, 0.4) is 0 Å². The fraction of sp³-hybridized carbons (Fsp3) is 0.0500. The zero-order valence-electron chi connectivity index (χ0n) is 14.3. The molecule has 2 aromatic carbocycles. The number of hydrogen-bond acceptors (Lipinski definition) is 4. The van der Waals surface area contributed by atoms with Crippen molar-refractivity contribution < 1.29 is 14.7 Å². The average Bonchev–Trinajstić information content (AvgIpc) is 2.68. The summed E-state index contributed by atoms with van der Waals surface area (Å²) in [5.41, 5.74) is 2.06. The molecule has 0 atom stereocenters. The SMILES string of the molecule is O=C(Nc1ccccc1)Nc1ccc(C(=O)NCc2ncccc2O)cc1. The Bertz CT molecular complexity index is 927. The Morgan fingerprint density at radius 2 is 1.52 bits per heavy atom. The van der Waals surface area contributed by atoms with Crippen molar-refractivity contribution in [3.05, 3.63) is 84.2 Å². The lowest BCUT2D eigenvalue weighted by molar-refractivity contribution is 0.0950. The van der Waals surface area contributed by atoms with E-state index in [1.54, 1.807) is 48.7 Å². The Morgan fingerprint density at radius 3 is 2.19 bits per heavy atom. The molecule has 7 nitrogen and oxygen atoms in total. The first-order valence-corrected chi connectivity index (χ1v) is 8.26. The number of nitrogens with zero attached hydrogens (tertiary/aromatic N) is 1. The number of carbonyl (C=O) groups excluding carboxylic acids is 2. The molecule has 0 aliphatic carbocycles. The minimum Gasteiger partial charge on any atom is -0.506 e. The lowest BCUT2D eigenvalue weighted by atomic mass is 10.2. The minimum atomic E-state index is -0.371. The normalized spacial score (nSPS) is 10.1. The Morgan fingerprint density at radius 1 is 0.852 bits per heavy atom. The number of aromatic hydroxyl groups is 1. The lowest BCUT2D eigenvalue weighted by Gasteiger charge is -2.09. The fourth-order valence-electron chi connectivity index (χ4n) is 2.35. The summed E-state index contributed by atoms with van der Waals surface area (Å²) in [5.74, 6) is -0.276. The van der Waals surface area contributed by atoms with E-state index in [2.05, 4.69) is 20.9 Å². The van der Waals surface area contributed by atoms with Crippen LogP contribution in [0.2, 0.25) is 0 Å². The van der Waals surface area contributed by atoms with Gasteiger partial charge in [0, 0.05) is 23.1 Å². The number of anilines is 2. The van der Waals surface area contributed by atoms with Crippen molar-refractivity contribution in [3.8, 4) is 5.75 Å². The number of hydrogen-bond donors (Lipinski definition) is 4. The molecule has 136 valence electrons. The Labute approximate surface area is 156 Å². The van der Waals surface area contributed by atoms with E-state index in [9.17, 15) is 14.7 Å². The molecule has 3 amide bonds. The first-order chi connectivity index (χ1) is 13.1. The highest BCUT2D eigenvalue weighted by atomic mass is 16.3. The fourth-order valence-corrected chi connectivity index (χ4v) is 2.35. The van der Waals surface area contributed by atoms with Gasteiger partial charge in [0.2, 0.25) is 0 Å². The van der Waals surface area contributed by atoms with Crippen molar-refractivity contribution in [1.29, 1.82) is 0 Å². The van der Waals surface area contributed by atoms with Gasteiger partial charge in [-0.15, -0.1) is 0 Å². The van der Waals surface area contributed by atoms with Gasteiger partial charge in [-0.25, -0.2) is 4.79 Å². The van der Waals surface area contributed by atoms with Gasteiger partial charge in [-0.1, -0.05) is 18.2 Å². The quantitative estimate of drug-likeness (QED) is 0.559. The molecule has 0 unspecified atom stereocenters. The van der Waals surface area contributed by atoms with Crippen LogP contribution < -0.4 is 16.0 Å². The summed E-state index contributed by atoms with van der Waals surface area (Å²) in [4.78, 5) is 28.1. The molecule has 0 radical (unpaired) electrons. The van der Waals surface area contributed by atoms with Gasteiger partial charge in [-0.05, 0) is 48.5 Å². The summed E-state index contributed by atoms with van der Waals surface area (Å²) in [6.45, 7) is 0.116. The van der Waals surface area contributed by atoms with Crippen molar-refractivity contribution in [2.75, 3.05) is 10.6 Å². The molecule has 0 spiro atoms. The van der Waals surface area contributed by atoms with E-state index in [0.29, 0.717) is 22.6 Å². The van der Waals surface area contributed by atoms with Gasteiger partial charge in [0.1, 0.15) is 11.4 Å². The smallest absolute Gasteiger partial charge is 0.323 e. The second-order valence-corrected chi connectivity index (χ2v) is 5.67. The monoisotopic (exact) mass is 362 g/mol. The number of carbonyl (C=O) groups is 2. The van der Waals surface area contributed by atoms with Crippen molar-refractivity contribution in [2.45, 2.75) is 6.54 Å². The lowest BCUT2D eigenvalue weighted by Crippen LogP contribution is -2.23. The molecular formula is C20H18N4O3. The zero-order chi connectivity index (χ0) is 19.1. The van der Waals surface area contributed by atoms with Crippen molar-refractivity contribution in [3.63, 3.8) is 0 Å². The molecule has 1 heterocycles. The molecule has 4 N–H and O–H groups in total. The molecule has 7 heteroatoms. The molecule has 27 heavy (non-hydrogen) atoms. The van der Waals surface area contributed by atoms with Gasteiger partial charge in [0.05, 0.1) is 6.54 Å². The molecule has 0 bridgehead atoms. The Balaban J connectivity index is 1.54. The van der Waals surface area contributed by atoms with E-state index in [1.165, 1.54) is 6.07 Å². The van der Waals surface area contributed by atoms with E-state index in [4.69, 9.17) is 0 Å². The maximum absolute atomic E-state index is 12.2. The highest BCUT2D eigenvalue weighted by Gasteiger charge is 2.08. The predicted octanol–water partition coefficient (Wildman–Crippen LogP) is 3.36. The molecule has 0 saturated heterocycles. The van der Waals surface area contributed by atoms with Gasteiger partial charge in [0.15, 0.2) is 0 Å². The highest BCUT2D eigenvalue weighted by molar-refractivity contribution is 6.00. The van der Waals surface area contributed by atoms with Crippen LogP contribution in [0.15, 0.2) is 72.9 Å². The number of amides is 3. The maximum Gasteiger partial charge on any atom is 0.323 e. The third-order valence-electron chi connectivity index (χ3n) is 3.72. The first-order valence-electron chi connectivity index (χ1n) is 8.26. The number of para-hydroxylation sites is 1. The molecular weight excluding hydrogens is 344 g/mol. The van der Waals surface area contributed by atoms with Crippen LogP contribution in [-0.2, 0) is 6.54 Å². The largest absolute Gasteiger partial charge is 0.506 e. The number of pyridine rings is 1. The predicted molar refractivity (Wildman–Crippen MR) is 103 cm³/mol. The third kappa shape index (κ3) is 5.05. The number of urea groups is 1. The summed E-state index contributed by atoms with van der Waals surface area (Å²) in [5, 5.41) is 17.8. The van der Waals surface area contributed by atoms with Crippen molar-refractivity contribution >= 4 is 23.3 Å². The molecule has 3 aromatic rings. The van der Waals surface area contributed by atoms with Gasteiger partial charge in [-0.2, -0.15) is 0 Å². The Kier molecular flexibility index (Phi) is 5.64. The molecule has 1 aromatic heterocycles. The summed E-state index contributed by atoms with van der Waals surface area (Å²) >= 11 is 0. The van der Waals surface area contributed by atoms with Crippen LogP contribution in [0.5, 0.6) is 5.75 Å². The van der Waals surface area contributed by atoms with Crippen LogP contribution in [-0.4, -0.2) is 22.0 Å². The van der Waals surface area contributed by atoms with Crippen LogP contribution in [0.25, 0.3) is 0 Å². The van der Waals surface area contributed by atoms with Crippen LogP contribution in [0, 0.1) is 0 Å². The van der Waals surface area contributed by atoms with Gasteiger partial charge in [-0.3, -0.25) is 9.78 Å². The molecule has 0 aliphatic heterocycles. The number of nitrogens with one attached hydrogen (secondary N) is 3. The summed E-state index contributed by atoms with van der Waals surface area (Å²) in [6.07, 6.45) is 1.54. The number of benzene rings is 2. The molecule has 3 rings (SSSR count). The van der Waals surface area contributed by atoms with E-state index in [1.807, 2.05) is 18.2 Å². The van der Waals surface area contributed by atoms with E-state index in [0.717, 1.165) is 0 Å². The topological polar surface area (TPSA) is 103 Å².